The first-order valence-corrected chi connectivity index (χ1v) is 56.9. The molecule has 2 aliphatic heterocycles. The van der Waals surface area contributed by atoms with Crippen LogP contribution in [-0.2, 0) is 16.8 Å². The van der Waals surface area contributed by atoms with E-state index in [1.54, 1.807) is 0 Å². The number of rotatable bonds is 32. The van der Waals surface area contributed by atoms with Gasteiger partial charge in [0.15, 0.2) is 28.2 Å². The van der Waals surface area contributed by atoms with Crippen LogP contribution < -0.4 is 71.4 Å². The van der Waals surface area contributed by atoms with Crippen molar-refractivity contribution in [3.8, 4) is 67.5 Å². The molecule has 2 aliphatic rings. The Balaban J connectivity index is 0.00000672. The van der Waals surface area contributed by atoms with Crippen molar-refractivity contribution in [2.24, 2.45) is 0 Å². The van der Waals surface area contributed by atoms with Crippen LogP contribution in [0.15, 0.2) is 485 Å². The van der Waals surface area contributed by atoms with Gasteiger partial charge in [0.25, 0.3) is 0 Å². The van der Waals surface area contributed by atoms with E-state index < -0.39 is 28.2 Å². The van der Waals surface area contributed by atoms with E-state index in [0.29, 0.717) is 119 Å². The minimum atomic E-state index is -2.50. The Morgan fingerprint density at radius 3 is 0.521 bits per heavy atom. The van der Waals surface area contributed by atoms with E-state index in [0.717, 1.165) is 67.3 Å². The van der Waals surface area contributed by atoms with Crippen LogP contribution in [0, 0.1) is 7.43 Å². The molecular formula is C129H115CoN8O4P4+4. The normalized spacial score (nSPS) is 11.8. The fourth-order valence-corrected chi connectivity index (χ4v) is 37.0. The molecule has 17 heteroatoms. The van der Waals surface area contributed by atoms with E-state index in [1.165, 1.54) is 42.4 Å². The molecule has 0 saturated carbocycles. The SMILES string of the molecule is C[N+](c1ccccc1)=P(CCOc1ccccc1-c1c2nc(c(-c3ccccc3OCCP(c3ccccc3)(c3ccccc3)=[N+](C)c3ccccc3)c3ccc([n-]3)c(-c3ccccc3OCCP(c3ccccc3)(c3ccccc3)=[N+](C)c3ccccc3)c3nc(c(-c4ccccc4OCCP(c4ccccc4)(c4ccccc4)=[N+](C)c4ccccc4)c4ccc1[n-]4)C=C3)C=C2)(c1ccccc1)c1ccccc1.[CH3-].[Co+3]. The first-order valence-electron chi connectivity index (χ1n) is 49.2. The second-order valence-electron chi connectivity index (χ2n) is 35.8. The Hall–Kier alpha value is -15.3. The van der Waals surface area contributed by atoms with E-state index >= 15 is 0 Å². The molecular weight excluding hydrogens is 1910 g/mol. The average molecular weight is 2020 g/mol. The number of aromatic nitrogens is 4. The van der Waals surface area contributed by atoms with Crippen molar-refractivity contribution in [2.75, 3.05) is 79.3 Å². The van der Waals surface area contributed by atoms with Crippen LogP contribution in [0.4, 0.5) is 22.7 Å². The van der Waals surface area contributed by atoms with E-state index in [1.807, 2.05) is 0 Å². The number of hydrogen-bond acceptors (Lipinski definition) is 6. The molecule has 0 N–H and O–H groups in total. The first-order chi connectivity index (χ1) is 71.1. The monoisotopic (exact) mass is 2020 g/mol. The van der Waals surface area contributed by atoms with Gasteiger partial charge < -0.3 is 36.3 Å². The number of hydrogen-bond donors (Lipinski definition) is 0. The van der Waals surface area contributed by atoms with Gasteiger partial charge in [-0.3, -0.25) is 0 Å². The standard InChI is InChI=1S/C128H112N8O4P4.CH3.Co/c1-133(97-49-17-5-18-50-97)141(101-57-25-9-26-58-101,102-59-27-10-28-60-102)93-89-137-121-77-45-41-73-109(121)125-113-81-83-115(129-113)126(110-74-42-46-78-122(110)138-90-94-142(103-61-29-11-30-62-103,104-63-31-12-32-64-104)134(2)98-51-19-6-20-52-98)117-85-87-119(131-117)128(112-76-44-48-80-124(112)140-92-96-144(107-69-37-15-38-70-107,108-71-39-16-40-72-108)136(4)100-55-23-8-24-56-100)120-88-86-118(132-120)127(116-84-82-114(125)130-116)111-75-43-47-79-123(111)139-91-95-143(105-65-33-13-34-66-105,106-67-35-14-36-68-106)135(3)99-53-21-7-22-54-99;;/h5-88H,89-96H2,1-4H3;1H3;/q+2;-1;+3. The van der Waals surface area contributed by atoms with Gasteiger partial charge in [-0.1, -0.05) is 315 Å². The summed E-state index contributed by atoms with van der Waals surface area (Å²) in [6.07, 6.45) is 11.3. The summed E-state index contributed by atoms with van der Waals surface area (Å²) in [4.78, 5) is 24.1. The second kappa shape index (κ2) is 45.8. The molecule has 21 rings (SSSR count). The van der Waals surface area contributed by atoms with Crippen molar-refractivity contribution in [2.45, 2.75) is 0 Å². The molecule has 0 atom stereocenters. The minimum absolute atomic E-state index is 0. The third-order valence-electron chi connectivity index (χ3n) is 28.0. The molecule has 5 heterocycles. The van der Waals surface area contributed by atoms with Crippen molar-refractivity contribution in [1.29, 1.82) is 0 Å². The molecule has 0 spiro atoms. The van der Waals surface area contributed by atoms with Crippen LogP contribution in [-0.4, -0.2) is 107 Å². The number of nitrogens with zero attached hydrogens (tertiary/aromatic N) is 8. The predicted molar refractivity (Wildman–Crippen MR) is 612 cm³/mol. The quantitative estimate of drug-likeness (QED) is 0.0303. The van der Waals surface area contributed by atoms with Crippen LogP contribution in [0.5, 0.6) is 23.0 Å². The van der Waals surface area contributed by atoms with Gasteiger partial charge >= 0.3 is 16.8 Å². The zero-order valence-corrected chi connectivity index (χ0v) is 87.1. The zero-order valence-electron chi connectivity index (χ0n) is 82.5. The molecule has 19 aromatic rings. The summed E-state index contributed by atoms with van der Waals surface area (Å²) < 4.78 is 40.4. The molecule has 3 aromatic heterocycles. The van der Waals surface area contributed by atoms with Crippen molar-refractivity contribution >= 4 is 140 Å². The molecule has 0 unspecified atom stereocenters. The van der Waals surface area contributed by atoms with Gasteiger partial charge in [-0.25, -0.2) is 27.3 Å². The third kappa shape index (κ3) is 19.9. The molecule has 8 bridgehead atoms. The van der Waals surface area contributed by atoms with Crippen molar-refractivity contribution in [3.63, 3.8) is 0 Å². The molecule has 720 valence electrons. The molecule has 0 fully saturated rings. The van der Waals surface area contributed by atoms with Gasteiger partial charge in [-0.05, 0) is 168 Å². The summed E-state index contributed by atoms with van der Waals surface area (Å²) >= 11 is 0. The molecule has 12 nitrogen and oxygen atoms in total. The summed E-state index contributed by atoms with van der Waals surface area (Å²) in [5, 5.41) is 9.97. The van der Waals surface area contributed by atoms with E-state index in [2.05, 4.69) is 555 Å². The van der Waals surface area contributed by atoms with Gasteiger partial charge in [-0.15, -0.1) is 22.1 Å². The number of benzene rings is 16. The molecule has 0 amide bonds. The van der Waals surface area contributed by atoms with Gasteiger partial charge in [-0.2, -0.15) is 0 Å². The van der Waals surface area contributed by atoms with Crippen molar-refractivity contribution < 1.29 is 53.0 Å². The molecule has 16 aromatic carbocycles. The number of para-hydroxylation sites is 8. The maximum atomic E-state index is 7.58. The Bertz CT molecular complexity index is 7170. The van der Waals surface area contributed by atoms with Gasteiger partial charge in [0.1, 0.15) is 51.2 Å². The average Bonchev–Trinajstić information content (AvgIpc) is 1.46. The summed E-state index contributed by atoms with van der Waals surface area (Å²) in [6, 6.07) is 173. The maximum Gasteiger partial charge on any atom is 3.00 e. The van der Waals surface area contributed by atoms with Crippen LogP contribution in [0.25, 0.3) is 90.9 Å². The van der Waals surface area contributed by atoms with Crippen molar-refractivity contribution in [1.82, 2.24) is 19.9 Å². The summed E-state index contributed by atoms with van der Waals surface area (Å²) in [7, 11) is -0.980. The molecule has 0 saturated heterocycles. The Morgan fingerprint density at radius 1 is 0.199 bits per heavy atom. The first kappa shape index (κ1) is 99.5. The Labute approximate surface area is 868 Å². The van der Waals surface area contributed by atoms with Crippen LogP contribution in [0.3, 0.4) is 0 Å². The fraction of sp³-hybridized carbons (Fsp3) is 0.0930. The third-order valence-corrected chi connectivity index (χ3v) is 45.5. The van der Waals surface area contributed by atoms with E-state index in [-0.39, 0.29) is 24.2 Å². The van der Waals surface area contributed by atoms with Crippen LogP contribution >= 0.6 is 28.2 Å². The summed E-state index contributed by atoms with van der Waals surface area (Å²) in [6.45, 7) is 1.42. The summed E-state index contributed by atoms with van der Waals surface area (Å²) in [5.41, 5.74) is 16.2. The molecule has 0 radical (unpaired) electrons. The summed E-state index contributed by atoms with van der Waals surface area (Å²) in [5.74, 6) is 2.72. The smallest absolute Gasteiger partial charge is 0.657 e. The van der Waals surface area contributed by atoms with Crippen LogP contribution in [0.1, 0.15) is 22.8 Å². The van der Waals surface area contributed by atoms with Crippen molar-refractivity contribution in [3.05, 3.63) is 516 Å². The van der Waals surface area contributed by atoms with E-state index in [4.69, 9.17) is 38.9 Å². The number of ether oxygens (including phenoxy) is 4. The Morgan fingerprint density at radius 2 is 0.349 bits per heavy atom. The molecule has 0 aliphatic carbocycles. The topological polar surface area (TPSA) is 103 Å². The van der Waals surface area contributed by atoms with Gasteiger partial charge in [0.05, 0.1) is 73.9 Å². The van der Waals surface area contributed by atoms with Crippen LogP contribution in [0.2, 0.25) is 0 Å². The van der Waals surface area contributed by atoms with E-state index in [9.17, 15) is 0 Å². The zero-order chi connectivity index (χ0) is 97.5. The van der Waals surface area contributed by atoms with Gasteiger partial charge in [0.2, 0.25) is 22.7 Å². The van der Waals surface area contributed by atoms with Gasteiger partial charge in [0, 0.05) is 113 Å². The minimum Gasteiger partial charge on any atom is -0.657 e. The predicted octanol–water partition coefficient (Wildman–Crippen LogP) is 27.8. The second-order valence-corrected chi connectivity index (χ2v) is 50.3. The largest absolute Gasteiger partial charge is 3.00 e. The number of fused-ring (bicyclic) bond motifs is 8. The fourth-order valence-electron chi connectivity index (χ4n) is 20.9. The molecule has 146 heavy (non-hydrogen) atoms. The Kier molecular flexibility index (Phi) is 31.2. The maximum absolute atomic E-state index is 7.58.